The largest absolute Gasteiger partial charge is 0.466 e. The molecule has 0 bridgehead atoms. The van der Waals surface area contributed by atoms with Crippen LogP contribution in [-0.2, 0) is 19.1 Å². The van der Waals surface area contributed by atoms with Gasteiger partial charge in [0.25, 0.3) is 6.01 Å². The van der Waals surface area contributed by atoms with Crippen molar-refractivity contribution in [1.29, 1.82) is 0 Å². The van der Waals surface area contributed by atoms with Crippen molar-refractivity contribution in [3.05, 3.63) is 41.4 Å². The minimum Gasteiger partial charge on any atom is -0.466 e. The van der Waals surface area contributed by atoms with E-state index in [1.165, 1.54) is 31.4 Å². The number of nitrogens with zero attached hydrogens (tertiary/aromatic N) is 4. The normalized spacial score (nSPS) is 28.7. The van der Waals surface area contributed by atoms with Crippen molar-refractivity contribution in [1.82, 2.24) is 19.4 Å². The first-order valence-electron chi connectivity index (χ1n) is 18.8. The Morgan fingerprint density at radius 1 is 1.10 bits per heavy atom. The molecule has 2 aromatic heterocycles. The van der Waals surface area contributed by atoms with Crippen LogP contribution in [0.25, 0.3) is 21.6 Å². The monoisotopic (exact) mass is 701 g/mol. The van der Waals surface area contributed by atoms with Crippen LogP contribution in [0.4, 0.5) is 0 Å². The van der Waals surface area contributed by atoms with Crippen molar-refractivity contribution < 1.29 is 23.9 Å². The summed E-state index contributed by atoms with van der Waals surface area (Å²) in [6, 6.07) is 5.25. The summed E-state index contributed by atoms with van der Waals surface area (Å²) in [4.78, 5) is 53.1. The lowest BCUT2D eigenvalue weighted by Crippen LogP contribution is -2.49. The van der Waals surface area contributed by atoms with Gasteiger partial charge >= 0.3 is 5.97 Å². The average molecular weight is 702 g/mol. The SMILES string of the molecule is CCOC(=O)[C@]12CC(=O)[C@@H]3C[C@@H](Oc4nc5c(-c6nc(C7CCCC7)cs6)cccc5n4C(C)C)CN3C(=O)[C@@H](N)CCCCC/C=C\[C@H]1C2. The minimum atomic E-state index is -0.880. The van der Waals surface area contributed by atoms with Gasteiger partial charge in [-0.05, 0) is 77.3 Å². The van der Waals surface area contributed by atoms with Crippen molar-refractivity contribution in [2.24, 2.45) is 17.1 Å². The Morgan fingerprint density at radius 2 is 1.90 bits per heavy atom. The topological polar surface area (TPSA) is 130 Å². The number of thiazole rings is 1. The Hall–Kier alpha value is -3.57. The molecule has 10 nitrogen and oxygen atoms in total. The maximum atomic E-state index is 14.2. The van der Waals surface area contributed by atoms with E-state index in [1.54, 1.807) is 23.2 Å². The molecule has 7 rings (SSSR count). The van der Waals surface area contributed by atoms with E-state index in [9.17, 15) is 14.4 Å². The van der Waals surface area contributed by atoms with E-state index >= 15 is 0 Å². The third kappa shape index (κ3) is 6.75. The Kier molecular flexibility index (Phi) is 10.2. The summed E-state index contributed by atoms with van der Waals surface area (Å²) in [6.07, 6.45) is 13.8. The number of para-hydroxylation sites is 1. The lowest BCUT2D eigenvalue weighted by molar-refractivity contribution is -0.152. The molecule has 3 fully saturated rings. The molecule has 268 valence electrons. The zero-order valence-electron chi connectivity index (χ0n) is 29.6. The fraction of sp³-hybridized carbons (Fsp3) is 0.615. The molecule has 11 heteroatoms. The molecule has 2 aliphatic carbocycles. The molecule has 2 saturated carbocycles. The van der Waals surface area contributed by atoms with Crippen LogP contribution in [0.15, 0.2) is 35.7 Å². The number of aromatic nitrogens is 3. The number of hydrogen-bond donors (Lipinski definition) is 1. The fourth-order valence-electron chi connectivity index (χ4n) is 8.45. The zero-order valence-corrected chi connectivity index (χ0v) is 30.5. The number of ketones is 1. The second-order valence-electron chi connectivity index (χ2n) is 15.1. The van der Waals surface area contributed by atoms with Crippen molar-refractivity contribution >= 4 is 40.0 Å². The van der Waals surface area contributed by atoms with E-state index in [2.05, 4.69) is 48.1 Å². The van der Waals surface area contributed by atoms with Gasteiger partial charge in [0.15, 0.2) is 5.78 Å². The van der Waals surface area contributed by atoms with Gasteiger partial charge in [-0.25, -0.2) is 4.98 Å². The molecule has 4 heterocycles. The van der Waals surface area contributed by atoms with Crippen LogP contribution in [0.1, 0.15) is 115 Å². The molecule has 0 radical (unpaired) electrons. The number of allylic oxidation sites excluding steroid dienone is 2. The molecule has 2 aliphatic heterocycles. The number of imidazole rings is 1. The summed E-state index contributed by atoms with van der Waals surface area (Å²) >= 11 is 1.67. The summed E-state index contributed by atoms with van der Waals surface area (Å²) < 4.78 is 14.3. The number of ether oxygens (including phenoxy) is 2. The number of fused-ring (bicyclic) bond motifs is 3. The maximum absolute atomic E-state index is 14.2. The third-order valence-corrected chi connectivity index (χ3v) is 12.2. The molecule has 1 aromatic carbocycles. The Bertz CT molecular complexity index is 1760. The molecule has 3 aromatic rings. The van der Waals surface area contributed by atoms with E-state index in [1.807, 2.05) is 6.07 Å². The highest BCUT2D eigenvalue weighted by Gasteiger charge is 2.61. The number of hydrogen-bond acceptors (Lipinski definition) is 9. The van der Waals surface area contributed by atoms with Gasteiger partial charge in [0.1, 0.15) is 16.6 Å². The van der Waals surface area contributed by atoms with Crippen LogP contribution in [0.5, 0.6) is 6.01 Å². The van der Waals surface area contributed by atoms with Gasteiger partial charge in [0, 0.05) is 35.7 Å². The number of amides is 1. The van der Waals surface area contributed by atoms with Crippen LogP contribution in [0.3, 0.4) is 0 Å². The number of rotatable bonds is 7. The Morgan fingerprint density at radius 3 is 2.68 bits per heavy atom. The van der Waals surface area contributed by atoms with Gasteiger partial charge in [-0.2, -0.15) is 4.98 Å². The van der Waals surface area contributed by atoms with Crippen molar-refractivity contribution in [2.45, 2.75) is 128 Å². The molecular weight excluding hydrogens is 651 g/mol. The average Bonchev–Trinajstić information content (AvgIpc) is 3.69. The van der Waals surface area contributed by atoms with Gasteiger partial charge in [-0.15, -0.1) is 11.3 Å². The van der Waals surface area contributed by atoms with E-state index in [0.717, 1.165) is 47.3 Å². The van der Waals surface area contributed by atoms with Gasteiger partial charge in [0.2, 0.25) is 5.91 Å². The van der Waals surface area contributed by atoms with E-state index < -0.39 is 23.6 Å². The first kappa shape index (κ1) is 34.9. The van der Waals surface area contributed by atoms with E-state index in [4.69, 9.17) is 25.2 Å². The van der Waals surface area contributed by atoms with Crippen LogP contribution < -0.4 is 10.5 Å². The van der Waals surface area contributed by atoms with Crippen LogP contribution in [0.2, 0.25) is 0 Å². The number of carbonyl (C=O) groups is 3. The van der Waals surface area contributed by atoms with Gasteiger partial charge in [-0.3, -0.25) is 19.0 Å². The smallest absolute Gasteiger partial charge is 0.313 e. The Balaban J connectivity index is 1.18. The van der Waals surface area contributed by atoms with Crippen molar-refractivity contribution in [3.63, 3.8) is 0 Å². The fourth-order valence-corrected chi connectivity index (χ4v) is 9.38. The first-order chi connectivity index (χ1) is 24.2. The van der Waals surface area contributed by atoms with Crippen molar-refractivity contribution in [3.8, 4) is 16.6 Å². The summed E-state index contributed by atoms with van der Waals surface area (Å²) in [5.74, 6) is -0.208. The second-order valence-corrected chi connectivity index (χ2v) is 15.9. The molecule has 50 heavy (non-hydrogen) atoms. The lowest BCUT2D eigenvalue weighted by atomic mass is 9.91. The van der Waals surface area contributed by atoms with Crippen LogP contribution >= 0.6 is 11.3 Å². The summed E-state index contributed by atoms with van der Waals surface area (Å²) in [6.45, 7) is 6.47. The molecule has 1 saturated heterocycles. The maximum Gasteiger partial charge on any atom is 0.313 e. The molecule has 1 amide bonds. The highest BCUT2D eigenvalue weighted by molar-refractivity contribution is 7.13. The number of Topliss-reactive ketones (excluding diaryl/α,β-unsaturated/α-hetero) is 1. The summed E-state index contributed by atoms with van der Waals surface area (Å²) in [5.41, 5.74) is 9.55. The van der Waals surface area contributed by atoms with Gasteiger partial charge in [0.05, 0.1) is 41.9 Å². The number of nitrogens with two attached hydrogens (primary N) is 1. The van der Waals surface area contributed by atoms with Crippen LogP contribution in [-0.4, -0.2) is 68.4 Å². The minimum absolute atomic E-state index is 0.0295. The molecule has 5 atom stereocenters. The Labute approximate surface area is 298 Å². The molecular formula is C39H51N5O5S. The van der Waals surface area contributed by atoms with E-state index in [-0.39, 0.29) is 49.2 Å². The third-order valence-electron chi connectivity index (χ3n) is 11.3. The number of esters is 1. The predicted molar refractivity (Wildman–Crippen MR) is 194 cm³/mol. The second kappa shape index (κ2) is 14.6. The summed E-state index contributed by atoms with van der Waals surface area (Å²) in [7, 11) is 0. The number of benzene rings is 1. The predicted octanol–water partition coefficient (Wildman–Crippen LogP) is 7.12. The number of carbonyl (C=O) groups excluding carboxylic acids is 3. The lowest BCUT2D eigenvalue weighted by Gasteiger charge is -2.27. The van der Waals surface area contributed by atoms with Gasteiger partial charge < -0.3 is 20.1 Å². The zero-order chi connectivity index (χ0) is 35.0. The van der Waals surface area contributed by atoms with E-state index in [0.29, 0.717) is 31.2 Å². The molecule has 0 unspecified atom stereocenters. The first-order valence-corrected chi connectivity index (χ1v) is 19.6. The highest BCUT2D eigenvalue weighted by Crippen LogP contribution is 2.57. The molecule has 0 spiro atoms. The van der Waals surface area contributed by atoms with Gasteiger partial charge in [-0.1, -0.05) is 43.9 Å². The molecule has 2 N–H and O–H groups in total. The highest BCUT2D eigenvalue weighted by atomic mass is 32.1. The quantitative estimate of drug-likeness (QED) is 0.204. The standard InChI is InChI=1S/C39H51N5O5S/c1-4-48-37(47)39-20-26(39)15-8-6-5-7-9-17-29(40)36(46)43-22-27(19-32(43)33(45)21-39)49-38-42-34-28(16-12-18-31(34)44(38)24(2)3)35-41-30(23-50-35)25-13-10-11-14-25/h8,12,15-16,18,23-27,29,32H,4-7,9-11,13-14,17,19-22,40H2,1-3H3/b15-8-/t26-,27+,29-,32-,39+/m0/s1. The van der Waals surface area contributed by atoms with Crippen molar-refractivity contribution in [2.75, 3.05) is 13.2 Å². The molecule has 4 aliphatic rings. The van der Waals surface area contributed by atoms with Crippen LogP contribution in [0, 0.1) is 11.3 Å². The summed E-state index contributed by atoms with van der Waals surface area (Å²) in [5, 5.41) is 3.16.